The summed E-state index contributed by atoms with van der Waals surface area (Å²) in [6.45, 7) is 1.20. The van der Waals surface area contributed by atoms with E-state index < -0.39 is 0 Å². The third kappa shape index (κ3) is 4.48. The summed E-state index contributed by atoms with van der Waals surface area (Å²) >= 11 is 0. The standard InChI is InChI=1S/C17H22N2O2/c18-16-5-1-14(2-6-16)13-15-3-7-17(8-4-15)19(9-11-20)10-12-21/h1-8,20-21H,9-13,18H2. The van der Waals surface area contributed by atoms with Crippen LogP contribution in [0.3, 0.4) is 0 Å². The van der Waals surface area contributed by atoms with Gasteiger partial charge in [0.25, 0.3) is 0 Å². The molecular weight excluding hydrogens is 264 g/mol. The summed E-state index contributed by atoms with van der Waals surface area (Å²) in [6.07, 6.45) is 0.862. The molecule has 0 atom stereocenters. The van der Waals surface area contributed by atoms with Gasteiger partial charge in [-0.05, 0) is 41.8 Å². The van der Waals surface area contributed by atoms with Crippen LogP contribution in [0, 0.1) is 0 Å². The lowest BCUT2D eigenvalue weighted by Gasteiger charge is -2.23. The molecule has 0 aliphatic heterocycles. The van der Waals surface area contributed by atoms with Crippen LogP contribution in [-0.2, 0) is 6.42 Å². The zero-order valence-electron chi connectivity index (χ0n) is 12.1. The second-order valence-corrected chi connectivity index (χ2v) is 5.02. The van der Waals surface area contributed by atoms with E-state index in [1.165, 1.54) is 11.1 Å². The molecule has 2 aromatic rings. The summed E-state index contributed by atoms with van der Waals surface area (Å²) < 4.78 is 0. The Morgan fingerprint density at radius 2 is 1.24 bits per heavy atom. The number of rotatable bonds is 7. The quantitative estimate of drug-likeness (QED) is 0.677. The molecule has 4 heteroatoms. The number of aliphatic hydroxyl groups excluding tert-OH is 2. The minimum absolute atomic E-state index is 0.0766. The Bertz CT molecular complexity index is 532. The monoisotopic (exact) mass is 286 g/mol. The zero-order valence-corrected chi connectivity index (χ0v) is 12.1. The molecule has 4 nitrogen and oxygen atoms in total. The molecule has 21 heavy (non-hydrogen) atoms. The second-order valence-electron chi connectivity index (χ2n) is 5.02. The molecule has 0 bridgehead atoms. The lowest BCUT2D eigenvalue weighted by molar-refractivity contribution is 0.281. The van der Waals surface area contributed by atoms with Gasteiger partial charge in [0.1, 0.15) is 0 Å². The summed E-state index contributed by atoms with van der Waals surface area (Å²) in [5.74, 6) is 0. The Kier molecular flexibility index (Phi) is 5.60. The van der Waals surface area contributed by atoms with Crippen LogP contribution in [0.15, 0.2) is 48.5 Å². The third-order valence-electron chi connectivity index (χ3n) is 3.43. The summed E-state index contributed by atoms with van der Waals surface area (Å²) in [4.78, 5) is 1.97. The molecule has 0 unspecified atom stereocenters. The first kappa shape index (κ1) is 15.4. The van der Waals surface area contributed by atoms with Crippen molar-refractivity contribution in [2.75, 3.05) is 36.9 Å². The first-order chi connectivity index (χ1) is 10.2. The smallest absolute Gasteiger partial charge is 0.0606 e. The highest BCUT2D eigenvalue weighted by atomic mass is 16.3. The molecule has 0 fully saturated rings. The van der Waals surface area contributed by atoms with Gasteiger partial charge in [-0.1, -0.05) is 24.3 Å². The van der Waals surface area contributed by atoms with Crippen molar-refractivity contribution in [3.8, 4) is 0 Å². The molecule has 0 saturated heterocycles. The van der Waals surface area contributed by atoms with Crippen molar-refractivity contribution in [3.05, 3.63) is 59.7 Å². The summed E-state index contributed by atoms with van der Waals surface area (Å²) in [5.41, 5.74) is 9.91. The fourth-order valence-electron chi connectivity index (χ4n) is 2.31. The lowest BCUT2D eigenvalue weighted by atomic mass is 10.0. The molecule has 0 aromatic heterocycles. The number of nitrogens with two attached hydrogens (primary N) is 1. The molecule has 0 heterocycles. The van der Waals surface area contributed by atoms with Crippen LogP contribution in [0.4, 0.5) is 11.4 Å². The predicted molar refractivity (Wildman–Crippen MR) is 86.5 cm³/mol. The van der Waals surface area contributed by atoms with Crippen LogP contribution in [0.2, 0.25) is 0 Å². The van der Waals surface area contributed by atoms with Gasteiger partial charge in [0.2, 0.25) is 0 Å². The maximum absolute atomic E-state index is 9.06. The fraction of sp³-hybridized carbons (Fsp3) is 0.294. The van der Waals surface area contributed by atoms with Crippen molar-refractivity contribution in [2.45, 2.75) is 6.42 Å². The largest absolute Gasteiger partial charge is 0.399 e. The van der Waals surface area contributed by atoms with E-state index in [1.54, 1.807) is 0 Å². The molecule has 0 saturated carbocycles. The van der Waals surface area contributed by atoms with Crippen molar-refractivity contribution < 1.29 is 10.2 Å². The van der Waals surface area contributed by atoms with Gasteiger partial charge in [-0.3, -0.25) is 0 Å². The molecule has 0 aliphatic rings. The van der Waals surface area contributed by atoms with E-state index >= 15 is 0 Å². The van der Waals surface area contributed by atoms with Crippen molar-refractivity contribution in [1.82, 2.24) is 0 Å². The Hall–Kier alpha value is -2.04. The van der Waals surface area contributed by atoms with E-state index in [2.05, 4.69) is 12.1 Å². The summed E-state index contributed by atoms with van der Waals surface area (Å²) in [5, 5.41) is 18.1. The van der Waals surface area contributed by atoms with Gasteiger partial charge >= 0.3 is 0 Å². The Labute approximate surface area is 125 Å². The minimum atomic E-state index is 0.0766. The number of nitrogens with zero attached hydrogens (tertiary/aromatic N) is 1. The molecule has 0 spiro atoms. The number of anilines is 2. The third-order valence-corrected chi connectivity index (χ3v) is 3.43. The zero-order chi connectivity index (χ0) is 15.1. The van der Waals surface area contributed by atoms with Crippen molar-refractivity contribution in [2.24, 2.45) is 0 Å². The summed E-state index contributed by atoms with van der Waals surface area (Å²) in [7, 11) is 0. The van der Waals surface area contributed by atoms with Crippen LogP contribution in [-0.4, -0.2) is 36.5 Å². The Morgan fingerprint density at radius 3 is 1.71 bits per heavy atom. The highest BCUT2D eigenvalue weighted by Gasteiger charge is 2.05. The number of hydrogen-bond acceptors (Lipinski definition) is 4. The van der Waals surface area contributed by atoms with Gasteiger partial charge in [-0.2, -0.15) is 0 Å². The van der Waals surface area contributed by atoms with E-state index in [4.69, 9.17) is 15.9 Å². The van der Waals surface area contributed by atoms with Crippen molar-refractivity contribution in [1.29, 1.82) is 0 Å². The van der Waals surface area contributed by atoms with Gasteiger partial charge in [0.05, 0.1) is 13.2 Å². The normalized spacial score (nSPS) is 10.6. The average molecular weight is 286 g/mol. The van der Waals surface area contributed by atoms with E-state index in [1.807, 2.05) is 41.3 Å². The molecule has 4 N–H and O–H groups in total. The molecular formula is C17H22N2O2. The maximum Gasteiger partial charge on any atom is 0.0606 e. The topological polar surface area (TPSA) is 69.7 Å². The van der Waals surface area contributed by atoms with E-state index in [0.29, 0.717) is 13.1 Å². The fourth-order valence-corrected chi connectivity index (χ4v) is 2.31. The van der Waals surface area contributed by atoms with Crippen molar-refractivity contribution >= 4 is 11.4 Å². The minimum Gasteiger partial charge on any atom is -0.399 e. The number of benzene rings is 2. The van der Waals surface area contributed by atoms with Gasteiger partial charge in [-0.15, -0.1) is 0 Å². The van der Waals surface area contributed by atoms with Crippen molar-refractivity contribution in [3.63, 3.8) is 0 Å². The number of nitrogen functional groups attached to an aromatic ring is 1. The first-order valence-corrected chi connectivity index (χ1v) is 7.13. The molecule has 112 valence electrons. The Morgan fingerprint density at radius 1 is 0.762 bits per heavy atom. The van der Waals surface area contributed by atoms with Gasteiger partial charge in [-0.25, -0.2) is 0 Å². The molecule has 0 amide bonds. The molecule has 2 aromatic carbocycles. The Balaban J connectivity index is 2.05. The number of aliphatic hydroxyl groups is 2. The van der Waals surface area contributed by atoms with Gasteiger partial charge in [0, 0.05) is 24.5 Å². The number of hydrogen-bond donors (Lipinski definition) is 3. The van der Waals surface area contributed by atoms with Crippen LogP contribution in [0.1, 0.15) is 11.1 Å². The SMILES string of the molecule is Nc1ccc(Cc2ccc(N(CCO)CCO)cc2)cc1. The van der Waals surface area contributed by atoms with Crippen LogP contribution < -0.4 is 10.6 Å². The van der Waals surface area contributed by atoms with E-state index in [-0.39, 0.29) is 13.2 Å². The molecule has 0 radical (unpaired) electrons. The highest BCUT2D eigenvalue weighted by Crippen LogP contribution is 2.17. The lowest BCUT2D eigenvalue weighted by Crippen LogP contribution is -2.29. The second kappa shape index (κ2) is 7.67. The van der Waals surface area contributed by atoms with Gasteiger partial charge < -0.3 is 20.8 Å². The van der Waals surface area contributed by atoms with E-state index in [0.717, 1.165) is 17.8 Å². The average Bonchev–Trinajstić information content (AvgIpc) is 2.50. The van der Waals surface area contributed by atoms with Crippen LogP contribution >= 0.6 is 0 Å². The molecule has 0 aliphatic carbocycles. The van der Waals surface area contributed by atoms with Crippen LogP contribution in [0.5, 0.6) is 0 Å². The van der Waals surface area contributed by atoms with E-state index in [9.17, 15) is 0 Å². The highest BCUT2D eigenvalue weighted by molar-refractivity contribution is 5.48. The molecule has 2 rings (SSSR count). The maximum atomic E-state index is 9.06. The van der Waals surface area contributed by atoms with Gasteiger partial charge in [0.15, 0.2) is 0 Å². The first-order valence-electron chi connectivity index (χ1n) is 7.13. The van der Waals surface area contributed by atoms with Crippen LogP contribution in [0.25, 0.3) is 0 Å². The predicted octanol–water partition coefficient (Wildman–Crippen LogP) is 1.65. The summed E-state index contributed by atoms with van der Waals surface area (Å²) in [6, 6.07) is 16.1.